The van der Waals surface area contributed by atoms with Crippen LogP contribution < -0.4 is 10.4 Å². The monoisotopic (exact) mass is 327 g/mol. The number of nitrogens with one attached hydrogen (secondary N) is 1. The second-order valence-electron chi connectivity index (χ2n) is 5.32. The van der Waals surface area contributed by atoms with Crippen molar-refractivity contribution in [3.05, 3.63) is 41.4 Å². The van der Waals surface area contributed by atoms with Gasteiger partial charge in [0.2, 0.25) is 5.13 Å². The number of amides is 1. The van der Waals surface area contributed by atoms with E-state index in [1.165, 1.54) is 16.3 Å². The van der Waals surface area contributed by atoms with Gasteiger partial charge in [0.05, 0.1) is 22.8 Å². The smallest absolute Gasteiger partial charge is 0.262 e. The molecule has 1 N–H and O–H groups in total. The van der Waals surface area contributed by atoms with Gasteiger partial charge < -0.3 is 0 Å². The molecule has 1 aromatic carbocycles. The van der Waals surface area contributed by atoms with Crippen molar-refractivity contribution < 1.29 is 4.79 Å². The molecule has 2 heterocycles. The first-order valence-electron chi connectivity index (χ1n) is 7.22. The summed E-state index contributed by atoms with van der Waals surface area (Å²) in [4.78, 5) is 16.9. The molecule has 23 heavy (non-hydrogen) atoms. The third-order valence-electron chi connectivity index (χ3n) is 3.50. The fourth-order valence-corrected chi connectivity index (χ4v) is 3.04. The average Bonchev–Trinajstić information content (AvgIpc) is 3.09. The summed E-state index contributed by atoms with van der Waals surface area (Å²) in [5, 5.41) is 12.8. The number of aromatic nitrogens is 1. The number of hydrogen-bond donors (Lipinski definition) is 1. The van der Waals surface area contributed by atoms with Crippen molar-refractivity contribution in [1.29, 1.82) is 0 Å². The zero-order chi connectivity index (χ0) is 16.4. The number of hydrogen-bond acceptors (Lipinski definition) is 6. The Labute approximate surface area is 138 Å². The lowest BCUT2D eigenvalue weighted by molar-refractivity contribution is -0.118. The Morgan fingerprint density at radius 1 is 1.30 bits per heavy atom. The minimum Gasteiger partial charge on any atom is -0.271 e. The summed E-state index contributed by atoms with van der Waals surface area (Å²) in [7, 11) is 0. The van der Waals surface area contributed by atoms with E-state index in [1.54, 1.807) is 0 Å². The van der Waals surface area contributed by atoms with E-state index in [-0.39, 0.29) is 5.91 Å². The molecule has 0 radical (unpaired) electrons. The van der Waals surface area contributed by atoms with Crippen molar-refractivity contribution in [2.75, 3.05) is 10.4 Å². The molecule has 6 nitrogen and oxygen atoms in total. The Kier molecular flexibility index (Phi) is 4.20. The zero-order valence-corrected chi connectivity index (χ0v) is 14.0. The van der Waals surface area contributed by atoms with Crippen LogP contribution in [0, 0.1) is 12.8 Å². The molecule has 1 unspecified atom stereocenters. The first-order valence-corrected chi connectivity index (χ1v) is 8.10. The number of anilines is 2. The summed E-state index contributed by atoms with van der Waals surface area (Å²) < 4.78 is 0. The molecular formula is C16H17N5OS. The predicted molar refractivity (Wildman–Crippen MR) is 94.1 cm³/mol. The van der Waals surface area contributed by atoms with Crippen molar-refractivity contribution >= 4 is 39.5 Å². The highest BCUT2D eigenvalue weighted by molar-refractivity contribution is 7.13. The molecule has 0 spiro atoms. The van der Waals surface area contributed by atoms with Gasteiger partial charge in [0.1, 0.15) is 5.92 Å². The van der Waals surface area contributed by atoms with Crippen molar-refractivity contribution in [2.45, 2.75) is 20.8 Å². The number of carbonyl (C=O) groups is 1. The number of thiazole rings is 1. The van der Waals surface area contributed by atoms with Crippen molar-refractivity contribution in [1.82, 2.24) is 4.98 Å². The summed E-state index contributed by atoms with van der Waals surface area (Å²) in [6, 6.07) is 9.40. The molecule has 0 saturated carbocycles. The van der Waals surface area contributed by atoms with E-state index >= 15 is 0 Å². The minimum absolute atomic E-state index is 0.0907. The van der Waals surface area contributed by atoms with Crippen LogP contribution in [0.5, 0.6) is 0 Å². The molecule has 7 heteroatoms. The Balaban J connectivity index is 1.78. The third kappa shape index (κ3) is 3.14. The standard InChI is InChI=1S/C16H17N5OS/c1-10-9-23-16(17-10)19-18-11(2)14-12(3)20-21(15(14)22)13-7-5-4-6-8-13/h4-9,14H,1-3H3,(H,17,19)/b18-11+. The van der Waals surface area contributed by atoms with Crippen LogP contribution in [-0.4, -0.2) is 22.3 Å². The predicted octanol–water partition coefficient (Wildman–Crippen LogP) is 3.28. The van der Waals surface area contributed by atoms with E-state index in [1.807, 2.05) is 56.5 Å². The van der Waals surface area contributed by atoms with Gasteiger partial charge in [0.15, 0.2) is 0 Å². The molecule has 1 atom stereocenters. The average molecular weight is 327 g/mol. The van der Waals surface area contributed by atoms with E-state index in [0.29, 0.717) is 10.8 Å². The molecule has 0 aliphatic carbocycles. The van der Waals surface area contributed by atoms with Gasteiger partial charge in [-0.25, -0.2) is 4.98 Å². The fraction of sp³-hybridized carbons (Fsp3) is 0.250. The van der Waals surface area contributed by atoms with Crippen LogP contribution in [0.15, 0.2) is 45.9 Å². The van der Waals surface area contributed by atoms with Crippen molar-refractivity contribution in [3.8, 4) is 0 Å². The molecule has 3 rings (SSSR count). The Morgan fingerprint density at radius 2 is 2.04 bits per heavy atom. The van der Waals surface area contributed by atoms with E-state index in [0.717, 1.165) is 17.1 Å². The first-order chi connectivity index (χ1) is 11.1. The summed E-state index contributed by atoms with van der Waals surface area (Å²) in [5.74, 6) is -0.532. The Morgan fingerprint density at radius 3 is 2.70 bits per heavy atom. The zero-order valence-electron chi connectivity index (χ0n) is 13.1. The number of hydrazone groups is 2. The number of aryl methyl sites for hydroxylation is 1. The highest BCUT2D eigenvalue weighted by atomic mass is 32.1. The molecule has 1 aliphatic heterocycles. The summed E-state index contributed by atoms with van der Waals surface area (Å²) in [6.07, 6.45) is 0. The molecule has 118 valence electrons. The molecule has 1 amide bonds. The fourth-order valence-electron chi connectivity index (χ4n) is 2.41. The highest BCUT2D eigenvalue weighted by Crippen LogP contribution is 2.24. The number of para-hydroxylation sites is 1. The van der Waals surface area contributed by atoms with Crippen LogP contribution in [0.1, 0.15) is 19.5 Å². The molecule has 1 aliphatic rings. The Hall–Kier alpha value is -2.54. The van der Waals surface area contributed by atoms with Gasteiger partial charge in [-0.3, -0.25) is 10.2 Å². The maximum Gasteiger partial charge on any atom is 0.262 e. The topological polar surface area (TPSA) is 70.0 Å². The maximum absolute atomic E-state index is 12.7. The molecule has 2 aromatic rings. The van der Waals surface area contributed by atoms with Gasteiger partial charge in [-0.15, -0.1) is 11.3 Å². The molecule has 0 bridgehead atoms. The number of benzene rings is 1. The van der Waals surface area contributed by atoms with E-state index < -0.39 is 5.92 Å². The van der Waals surface area contributed by atoms with Gasteiger partial charge >= 0.3 is 0 Å². The van der Waals surface area contributed by atoms with Gasteiger partial charge in [-0.05, 0) is 32.9 Å². The largest absolute Gasteiger partial charge is 0.271 e. The van der Waals surface area contributed by atoms with E-state index in [9.17, 15) is 4.79 Å². The lowest BCUT2D eigenvalue weighted by Gasteiger charge is -2.14. The van der Waals surface area contributed by atoms with Gasteiger partial charge in [-0.1, -0.05) is 18.2 Å². The normalized spacial score (nSPS) is 18.3. The summed E-state index contributed by atoms with van der Waals surface area (Å²) in [6.45, 7) is 5.59. The van der Waals surface area contributed by atoms with Crippen LogP contribution in [0.2, 0.25) is 0 Å². The quantitative estimate of drug-likeness (QED) is 0.692. The van der Waals surface area contributed by atoms with Crippen LogP contribution in [0.3, 0.4) is 0 Å². The van der Waals surface area contributed by atoms with Crippen LogP contribution in [0.4, 0.5) is 10.8 Å². The SMILES string of the molecule is CC1=NN(c2ccccc2)C(=O)C1/C(C)=N/Nc1nc(C)cs1. The maximum atomic E-state index is 12.7. The van der Waals surface area contributed by atoms with E-state index in [4.69, 9.17) is 0 Å². The van der Waals surface area contributed by atoms with Crippen LogP contribution >= 0.6 is 11.3 Å². The van der Waals surface area contributed by atoms with Crippen molar-refractivity contribution in [3.63, 3.8) is 0 Å². The molecule has 0 fully saturated rings. The molecule has 0 saturated heterocycles. The van der Waals surface area contributed by atoms with Crippen LogP contribution in [0.25, 0.3) is 0 Å². The number of carbonyl (C=O) groups excluding carboxylic acids is 1. The lowest BCUT2D eigenvalue weighted by Crippen LogP contribution is -2.31. The Bertz CT molecular complexity index is 781. The lowest BCUT2D eigenvalue weighted by atomic mass is 9.99. The second kappa shape index (κ2) is 6.29. The second-order valence-corrected chi connectivity index (χ2v) is 6.18. The van der Waals surface area contributed by atoms with E-state index in [2.05, 4.69) is 20.6 Å². The number of nitrogens with zero attached hydrogens (tertiary/aromatic N) is 4. The highest BCUT2D eigenvalue weighted by Gasteiger charge is 2.36. The first kappa shape index (κ1) is 15.4. The third-order valence-corrected chi connectivity index (χ3v) is 4.36. The van der Waals surface area contributed by atoms with Crippen molar-refractivity contribution in [2.24, 2.45) is 16.1 Å². The van der Waals surface area contributed by atoms with Gasteiger partial charge in [-0.2, -0.15) is 15.2 Å². The summed E-state index contributed by atoms with van der Waals surface area (Å²) in [5.41, 5.74) is 6.01. The van der Waals surface area contributed by atoms with Gasteiger partial charge in [0, 0.05) is 5.38 Å². The summed E-state index contributed by atoms with van der Waals surface area (Å²) >= 11 is 1.48. The molecular weight excluding hydrogens is 310 g/mol. The van der Waals surface area contributed by atoms with Gasteiger partial charge in [0.25, 0.3) is 5.91 Å². The number of rotatable bonds is 4. The minimum atomic E-state index is -0.441. The molecule has 1 aromatic heterocycles. The van der Waals surface area contributed by atoms with Crippen LogP contribution in [-0.2, 0) is 4.79 Å².